The number of urea groups is 1. The number of anilines is 1. The van der Waals surface area contributed by atoms with Gasteiger partial charge in [-0.1, -0.05) is 29.3 Å². The Bertz CT molecular complexity index is 815. The fraction of sp³-hybridized carbons (Fsp3) is 0.0625. The van der Waals surface area contributed by atoms with Gasteiger partial charge < -0.3 is 15.1 Å². The zero-order chi connectivity index (χ0) is 16.2. The molecule has 3 rings (SSSR count). The van der Waals surface area contributed by atoms with Crippen molar-refractivity contribution in [3.63, 3.8) is 0 Å². The SMILES string of the molecule is O=C(NCc1ccc(-c2cccs2)o1)Nc1ccc(Cl)c(Cl)c1. The van der Waals surface area contributed by atoms with Crippen molar-refractivity contribution in [1.82, 2.24) is 5.32 Å². The van der Waals surface area contributed by atoms with Crippen LogP contribution in [0.2, 0.25) is 10.0 Å². The fourth-order valence-electron chi connectivity index (χ4n) is 1.94. The lowest BCUT2D eigenvalue weighted by Crippen LogP contribution is -2.27. The van der Waals surface area contributed by atoms with Crippen molar-refractivity contribution in [2.24, 2.45) is 0 Å². The molecule has 0 saturated heterocycles. The standard InChI is InChI=1S/C16H12Cl2N2O2S/c17-12-5-3-10(8-13(12)18)20-16(21)19-9-11-4-6-14(22-11)15-2-1-7-23-15/h1-8H,9H2,(H2,19,20,21). The van der Waals surface area contributed by atoms with Crippen LogP contribution in [-0.2, 0) is 6.54 Å². The van der Waals surface area contributed by atoms with Gasteiger partial charge in [-0.15, -0.1) is 11.3 Å². The van der Waals surface area contributed by atoms with Gasteiger partial charge >= 0.3 is 6.03 Å². The second kappa shape index (κ2) is 7.08. The third kappa shape index (κ3) is 4.07. The number of furan rings is 1. The summed E-state index contributed by atoms with van der Waals surface area (Å²) in [6, 6.07) is 12.2. The van der Waals surface area contributed by atoms with Crippen LogP contribution in [0, 0.1) is 0 Å². The zero-order valence-corrected chi connectivity index (χ0v) is 14.1. The molecule has 0 aliphatic carbocycles. The minimum atomic E-state index is -0.350. The van der Waals surface area contributed by atoms with E-state index in [9.17, 15) is 4.79 Å². The first-order chi connectivity index (χ1) is 11.1. The van der Waals surface area contributed by atoms with Crippen molar-refractivity contribution < 1.29 is 9.21 Å². The molecule has 0 spiro atoms. The predicted octanol–water partition coefficient (Wildman–Crippen LogP) is 5.64. The minimum absolute atomic E-state index is 0.290. The van der Waals surface area contributed by atoms with Gasteiger partial charge in [0.15, 0.2) is 0 Å². The normalized spacial score (nSPS) is 10.5. The van der Waals surface area contributed by atoms with Crippen molar-refractivity contribution in [2.75, 3.05) is 5.32 Å². The molecule has 23 heavy (non-hydrogen) atoms. The molecule has 0 aliphatic rings. The van der Waals surface area contributed by atoms with E-state index in [2.05, 4.69) is 10.6 Å². The van der Waals surface area contributed by atoms with Crippen LogP contribution >= 0.6 is 34.5 Å². The zero-order valence-electron chi connectivity index (χ0n) is 11.8. The summed E-state index contributed by atoms with van der Waals surface area (Å²) in [5.41, 5.74) is 0.565. The van der Waals surface area contributed by atoms with E-state index in [1.807, 2.05) is 29.6 Å². The van der Waals surface area contributed by atoms with Gasteiger partial charge in [-0.3, -0.25) is 0 Å². The van der Waals surface area contributed by atoms with Crippen molar-refractivity contribution in [2.45, 2.75) is 6.54 Å². The highest BCUT2D eigenvalue weighted by atomic mass is 35.5. The van der Waals surface area contributed by atoms with E-state index in [-0.39, 0.29) is 6.03 Å². The Hall–Kier alpha value is -1.95. The van der Waals surface area contributed by atoms with Crippen LogP contribution in [0.3, 0.4) is 0 Å². The maximum atomic E-state index is 11.9. The molecule has 0 atom stereocenters. The van der Waals surface area contributed by atoms with Crippen LogP contribution in [0.15, 0.2) is 52.3 Å². The van der Waals surface area contributed by atoms with Crippen molar-refractivity contribution >= 4 is 46.3 Å². The van der Waals surface area contributed by atoms with E-state index in [4.69, 9.17) is 27.6 Å². The van der Waals surface area contributed by atoms with E-state index in [0.717, 1.165) is 10.6 Å². The van der Waals surface area contributed by atoms with Crippen LogP contribution < -0.4 is 10.6 Å². The van der Waals surface area contributed by atoms with Gasteiger partial charge in [0.25, 0.3) is 0 Å². The van der Waals surface area contributed by atoms with E-state index in [0.29, 0.717) is 28.0 Å². The van der Waals surface area contributed by atoms with Gasteiger partial charge in [-0.2, -0.15) is 0 Å². The second-order valence-electron chi connectivity index (χ2n) is 4.68. The topological polar surface area (TPSA) is 54.3 Å². The number of amides is 2. The molecule has 1 aromatic carbocycles. The molecule has 0 saturated carbocycles. The van der Waals surface area contributed by atoms with Gasteiger partial charge in [-0.05, 0) is 41.8 Å². The number of benzene rings is 1. The summed E-state index contributed by atoms with van der Waals surface area (Å²) in [4.78, 5) is 12.9. The third-order valence-electron chi connectivity index (χ3n) is 3.03. The number of nitrogens with one attached hydrogen (secondary N) is 2. The molecule has 0 radical (unpaired) electrons. The Morgan fingerprint density at radius 2 is 2.00 bits per heavy atom. The van der Waals surface area contributed by atoms with Crippen LogP contribution in [-0.4, -0.2) is 6.03 Å². The molecule has 7 heteroatoms. The third-order valence-corrected chi connectivity index (χ3v) is 4.65. The van der Waals surface area contributed by atoms with Crippen molar-refractivity contribution in [1.29, 1.82) is 0 Å². The lowest BCUT2D eigenvalue weighted by Gasteiger charge is -2.07. The molecule has 2 aromatic heterocycles. The van der Waals surface area contributed by atoms with Crippen LogP contribution in [0.25, 0.3) is 10.6 Å². The van der Waals surface area contributed by atoms with Gasteiger partial charge in [0.1, 0.15) is 11.5 Å². The Balaban J connectivity index is 1.55. The van der Waals surface area contributed by atoms with Crippen molar-refractivity contribution in [3.05, 3.63) is 63.7 Å². The molecule has 2 heterocycles. The molecule has 2 N–H and O–H groups in total. The molecule has 0 unspecified atom stereocenters. The molecule has 3 aromatic rings. The predicted molar refractivity (Wildman–Crippen MR) is 94.3 cm³/mol. The molecule has 0 bridgehead atoms. The van der Waals surface area contributed by atoms with Gasteiger partial charge in [-0.25, -0.2) is 4.79 Å². The lowest BCUT2D eigenvalue weighted by molar-refractivity contribution is 0.251. The Morgan fingerprint density at radius 3 is 2.74 bits per heavy atom. The quantitative estimate of drug-likeness (QED) is 0.627. The molecule has 2 amide bonds. The highest BCUT2D eigenvalue weighted by Gasteiger charge is 2.08. The van der Waals surface area contributed by atoms with Gasteiger partial charge in [0.2, 0.25) is 0 Å². The number of carbonyl (C=O) groups excluding carboxylic acids is 1. The maximum absolute atomic E-state index is 11.9. The number of hydrogen-bond donors (Lipinski definition) is 2. The summed E-state index contributed by atoms with van der Waals surface area (Å²) in [6.45, 7) is 0.290. The lowest BCUT2D eigenvalue weighted by atomic mass is 10.3. The van der Waals surface area contributed by atoms with E-state index >= 15 is 0 Å². The van der Waals surface area contributed by atoms with Crippen LogP contribution in [0.1, 0.15) is 5.76 Å². The van der Waals surface area contributed by atoms with Crippen molar-refractivity contribution in [3.8, 4) is 10.6 Å². The highest BCUT2D eigenvalue weighted by molar-refractivity contribution is 7.13. The van der Waals surface area contributed by atoms with Crippen LogP contribution in [0.4, 0.5) is 10.5 Å². The molecular formula is C16H12Cl2N2O2S. The summed E-state index contributed by atoms with van der Waals surface area (Å²) in [5.74, 6) is 1.47. The molecule has 118 valence electrons. The Labute approximate surface area is 147 Å². The average Bonchev–Trinajstić information content (AvgIpc) is 3.19. The molecular weight excluding hydrogens is 355 g/mol. The molecule has 4 nitrogen and oxygen atoms in total. The summed E-state index contributed by atoms with van der Waals surface area (Å²) in [7, 11) is 0. The van der Waals surface area contributed by atoms with Gasteiger partial charge in [0, 0.05) is 5.69 Å². The Kier molecular flexibility index (Phi) is 4.91. The maximum Gasteiger partial charge on any atom is 0.319 e. The second-order valence-corrected chi connectivity index (χ2v) is 6.44. The fourth-order valence-corrected chi connectivity index (χ4v) is 2.93. The molecule has 0 fully saturated rings. The van der Waals surface area contributed by atoms with E-state index in [1.165, 1.54) is 0 Å². The summed E-state index contributed by atoms with van der Waals surface area (Å²) in [5, 5.41) is 8.22. The smallest absolute Gasteiger partial charge is 0.319 e. The molecule has 0 aliphatic heterocycles. The van der Waals surface area contributed by atoms with E-state index in [1.54, 1.807) is 29.5 Å². The number of carbonyl (C=O) groups is 1. The first-order valence-corrected chi connectivity index (χ1v) is 8.38. The number of halogens is 2. The summed E-state index contributed by atoms with van der Waals surface area (Å²) < 4.78 is 5.69. The monoisotopic (exact) mass is 366 g/mol. The van der Waals surface area contributed by atoms with Crippen LogP contribution in [0.5, 0.6) is 0 Å². The first-order valence-electron chi connectivity index (χ1n) is 6.74. The van der Waals surface area contributed by atoms with E-state index < -0.39 is 0 Å². The van der Waals surface area contributed by atoms with Gasteiger partial charge in [0.05, 0.1) is 21.5 Å². The number of hydrogen-bond acceptors (Lipinski definition) is 3. The number of rotatable bonds is 4. The average molecular weight is 367 g/mol. The minimum Gasteiger partial charge on any atom is -0.458 e. The highest BCUT2D eigenvalue weighted by Crippen LogP contribution is 2.27. The largest absolute Gasteiger partial charge is 0.458 e. The first kappa shape index (κ1) is 15.9. The summed E-state index contributed by atoms with van der Waals surface area (Å²) >= 11 is 13.3. The Morgan fingerprint density at radius 1 is 1.13 bits per heavy atom. The number of thiophene rings is 1. The summed E-state index contributed by atoms with van der Waals surface area (Å²) in [6.07, 6.45) is 0.